The molecule has 0 amide bonds. The van der Waals surface area contributed by atoms with Crippen LogP contribution in [0.1, 0.15) is 120 Å². The van der Waals surface area contributed by atoms with Gasteiger partial charge in [-0.25, -0.2) is 0 Å². The molecule has 1 aliphatic heterocycles. The van der Waals surface area contributed by atoms with Crippen LogP contribution >= 0.6 is 0 Å². The second kappa shape index (κ2) is 14.7. The van der Waals surface area contributed by atoms with E-state index in [-0.39, 0.29) is 5.60 Å². The van der Waals surface area contributed by atoms with Crippen LogP contribution in [0.2, 0.25) is 0 Å². The summed E-state index contributed by atoms with van der Waals surface area (Å²) < 4.78 is 6.01. The summed E-state index contributed by atoms with van der Waals surface area (Å²) in [6.07, 6.45) is 24.1. The lowest BCUT2D eigenvalue weighted by molar-refractivity contribution is 0.295. The van der Waals surface area contributed by atoms with Gasteiger partial charge >= 0.3 is 0 Å². The van der Waals surface area contributed by atoms with E-state index < -0.39 is 0 Å². The van der Waals surface area contributed by atoms with E-state index >= 15 is 0 Å². The van der Waals surface area contributed by atoms with Gasteiger partial charge in [-0.1, -0.05) is 58.2 Å². The molecule has 1 rings (SSSR count). The number of unbranched alkanes of at least 4 members (excludes halogenated alkanes) is 1. The second-order valence-corrected chi connectivity index (χ2v) is 10.4. The zero-order valence-electron chi connectivity index (χ0n) is 21.9. The molecule has 176 valence electrons. The van der Waals surface area contributed by atoms with Gasteiger partial charge in [0, 0.05) is 0 Å². The van der Waals surface area contributed by atoms with Crippen molar-refractivity contribution in [2.45, 2.75) is 131 Å². The molecule has 0 aromatic rings. The number of rotatable bonds is 15. The van der Waals surface area contributed by atoms with Gasteiger partial charge in [0.25, 0.3) is 0 Å². The van der Waals surface area contributed by atoms with E-state index in [4.69, 9.17) is 4.74 Å². The van der Waals surface area contributed by atoms with Gasteiger partial charge in [-0.3, -0.25) is 0 Å². The highest BCUT2D eigenvalue weighted by Crippen LogP contribution is 2.43. The molecule has 31 heavy (non-hydrogen) atoms. The molecule has 0 spiro atoms. The summed E-state index contributed by atoms with van der Waals surface area (Å²) in [6.45, 7) is 17.8. The minimum absolute atomic E-state index is 0.129. The summed E-state index contributed by atoms with van der Waals surface area (Å²) in [7, 11) is 0. The van der Waals surface area contributed by atoms with Crippen LogP contribution in [0.15, 0.2) is 58.2 Å². The average molecular weight is 427 g/mol. The predicted octanol–water partition coefficient (Wildman–Crippen LogP) is 9.82. The van der Waals surface area contributed by atoms with Crippen molar-refractivity contribution < 1.29 is 4.74 Å². The minimum Gasteiger partial charge on any atom is -0.366 e. The van der Waals surface area contributed by atoms with E-state index in [0.29, 0.717) is 6.10 Å². The van der Waals surface area contributed by atoms with Crippen LogP contribution in [-0.4, -0.2) is 11.7 Å². The van der Waals surface area contributed by atoms with E-state index in [1.165, 1.54) is 66.4 Å². The average Bonchev–Trinajstić information content (AvgIpc) is 3.32. The van der Waals surface area contributed by atoms with Crippen molar-refractivity contribution in [3.63, 3.8) is 0 Å². The van der Waals surface area contributed by atoms with Gasteiger partial charge in [-0.2, -0.15) is 0 Å². The molecule has 1 fully saturated rings. The third-order valence-electron chi connectivity index (χ3n) is 6.30. The molecule has 0 bridgehead atoms. The zero-order chi connectivity index (χ0) is 23.3. The maximum absolute atomic E-state index is 6.01. The van der Waals surface area contributed by atoms with Crippen molar-refractivity contribution in [1.82, 2.24) is 0 Å². The van der Waals surface area contributed by atoms with Gasteiger partial charge in [0.15, 0.2) is 0 Å². The molecule has 1 heteroatoms. The topological polar surface area (TPSA) is 12.5 Å². The summed E-state index contributed by atoms with van der Waals surface area (Å²) >= 11 is 0. The Morgan fingerprint density at radius 2 is 1.06 bits per heavy atom. The molecule has 1 aliphatic rings. The summed E-state index contributed by atoms with van der Waals surface area (Å²) in [5.74, 6) is 0. The van der Waals surface area contributed by atoms with Crippen LogP contribution in [-0.2, 0) is 4.74 Å². The monoisotopic (exact) mass is 426 g/mol. The van der Waals surface area contributed by atoms with Crippen LogP contribution < -0.4 is 0 Å². The standard InChI is InChI=1S/C30H50O/c1-24(2)14-11-18-27(6)20-12-19-26(5)16-9-10-17-28(7)21-22-29-30(8,31-29)23-13-15-25(3)4/h14-17,20,29H,9-13,18-19,21-23H2,1-8H3/b26-16+,27-20+,28-17+. The summed E-state index contributed by atoms with van der Waals surface area (Å²) in [5.41, 5.74) is 7.53. The van der Waals surface area contributed by atoms with Gasteiger partial charge in [0.05, 0.1) is 11.7 Å². The molecule has 0 aliphatic carbocycles. The minimum atomic E-state index is 0.129. The van der Waals surface area contributed by atoms with E-state index in [1.54, 1.807) is 0 Å². The highest BCUT2D eigenvalue weighted by molar-refractivity contribution is 5.08. The number of hydrogen-bond acceptors (Lipinski definition) is 1. The number of allylic oxidation sites excluding steroid dienone is 10. The van der Waals surface area contributed by atoms with Gasteiger partial charge < -0.3 is 4.74 Å². The lowest BCUT2D eigenvalue weighted by atomic mass is 9.96. The van der Waals surface area contributed by atoms with Crippen LogP contribution in [0.25, 0.3) is 0 Å². The van der Waals surface area contributed by atoms with Crippen molar-refractivity contribution in [2.75, 3.05) is 0 Å². The van der Waals surface area contributed by atoms with E-state index in [1.807, 2.05) is 0 Å². The molecule has 0 aromatic carbocycles. The second-order valence-electron chi connectivity index (χ2n) is 10.4. The molecular weight excluding hydrogens is 376 g/mol. The molecule has 1 saturated heterocycles. The van der Waals surface area contributed by atoms with Crippen molar-refractivity contribution in [3.05, 3.63) is 58.2 Å². The molecule has 0 radical (unpaired) electrons. The van der Waals surface area contributed by atoms with Crippen LogP contribution in [0.4, 0.5) is 0 Å². The lowest BCUT2D eigenvalue weighted by Crippen LogP contribution is -2.09. The Hall–Kier alpha value is -1.34. The largest absolute Gasteiger partial charge is 0.366 e. The summed E-state index contributed by atoms with van der Waals surface area (Å²) in [6, 6.07) is 0. The Balaban J connectivity index is 2.18. The highest BCUT2D eigenvalue weighted by Gasteiger charge is 2.50. The number of hydrogen-bond donors (Lipinski definition) is 0. The van der Waals surface area contributed by atoms with E-state index in [2.05, 4.69) is 85.8 Å². The first-order valence-corrected chi connectivity index (χ1v) is 12.5. The Morgan fingerprint density at radius 3 is 1.61 bits per heavy atom. The van der Waals surface area contributed by atoms with Crippen LogP contribution in [0, 0.1) is 0 Å². The van der Waals surface area contributed by atoms with Crippen molar-refractivity contribution in [2.24, 2.45) is 0 Å². The smallest absolute Gasteiger partial charge is 0.0923 e. The van der Waals surface area contributed by atoms with Gasteiger partial charge in [-0.15, -0.1) is 0 Å². The number of ether oxygens (including phenoxy) is 1. The molecule has 2 atom stereocenters. The van der Waals surface area contributed by atoms with E-state index in [9.17, 15) is 0 Å². The van der Waals surface area contributed by atoms with Crippen molar-refractivity contribution in [3.8, 4) is 0 Å². The highest BCUT2D eigenvalue weighted by atomic mass is 16.6. The third-order valence-corrected chi connectivity index (χ3v) is 6.30. The molecule has 1 heterocycles. The van der Waals surface area contributed by atoms with Crippen molar-refractivity contribution in [1.29, 1.82) is 0 Å². The third kappa shape index (κ3) is 13.6. The van der Waals surface area contributed by atoms with E-state index in [0.717, 1.165) is 25.7 Å². The van der Waals surface area contributed by atoms with Crippen LogP contribution in [0.3, 0.4) is 0 Å². The molecular formula is C30H50O. The lowest BCUT2D eigenvalue weighted by Gasteiger charge is -2.05. The Kier molecular flexibility index (Phi) is 13.1. The molecule has 1 nitrogen and oxygen atoms in total. The van der Waals surface area contributed by atoms with Gasteiger partial charge in [0.1, 0.15) is 0 Å². The Labute approximate surface area is 194 Å². The van der Waals surface area contributed by atoms with Crippen molar-refractivity contribution >= 4 is 0 Å². The first-order valence-electron chi connectivity index (χ1n) is 12.5. The Bertz CT molecular complexity index is 677. The molecule has 0 saturated carbocycles. The fourth-order valence-corrected chi connectivity index (χ4v) is 3.98. The summed E-state index contributed by atoms with van der Waals surface area (Å²) in [4.78, 5) is 0. The van der Waals surface area contributed by atoms with Gasteiger partial charge in [0.2, 0.25) is 0 Å². The fourth-order valence-electron chi connectivity index (χ4n) is 3.98. The maximum Gasteiger partial charge on any atom is 0.0923 e. The summed E-state index contributed by atoms with van der Waals surface area (Å²) in [5, 5.41) is 0. The first kappa shape index (κ1) is 27.7. The Morgan fingerprint density at radius 1 is 0.613 bits per heavy atom. The molecule has 0 N–H and O–H groups in total. The fraction of sp³-hybridized carbons (Fsp3) is 0.667. The normalized spacial score (nSPS) is 21.8. The maximum atomic E-state index is 6.01. The predicted molar refractivity (Wildman–Crippen MR) is 140 cm³/mol. The van der Waals surface area contributed by atoms with Gasteiger partial charge in [-0.05, 0) is 120 Å². The molecule has 2 unspecified atom stereocenters. The number of epoxide rings is 1. The zero-order valence-corrected chi connectivity index (χ0v) is 21.9. The molecule has 0 aromatic heterocycles. The first-order chi connectivity index (χ1) is 14.6. The SMILES string of the molecule is CC(C)=CCC/C(C)=C/CC/C(C)=C/CC/C=C(\C)CCC1OC1(C)CCC=C(C)C. The quantitative estimate of drug-likeness (QED) is 0.144. The van der Waals surface area contributed by atoms with Crippen LogP contribution in [0.5, 0.6) is 0 Å².